The topological polar surface area (TPSA) is 117 Å². The Labute approximate surface area is 188 Å². The number of hydrogen-bond acceptors (Lipinski definition) is 6. The molecule has 1 aromatic carbocycles. The van der Waals surface area contributed by atoms with Gasteiger partial charge in [0.1, 0.15) is 5.82 Å². The van der Waals surface area contributed by atoms with Gasteiger partial charge >= 0.3 is 11.7 Å². The van der Waals surface area contributed by atoms with Gasteiger partial charge in [0.05, 0.1) is 5.69 Å². The van der Waals surface area contributed by atoms with Crippen LogP contribution in [-0.4, -0.2) is 64.8 Å². The van der Waals surface area contributed by atoms with Crippen molar-refractivity contribution in [2.45, 2.75) is 50.7 Å². The molecular weight excluding hydrogens is 406 g/mol. The van der Waals surface area contributed by atoms with Crippen molar-refractivity contribution in [2.24, 2.45) is 5.73 Å². The van der Waals surface area contributed by atoms with Crippen LogP contribution in [0.3, 0.4) is 0 Å². The minimum Gasteiger partial charge on any atom is -0.328 e. The molecule has 0 radical (unpaired) electrons. The number of aromatic nitrogens is 2. The van der Waals surface area contributed by atoms with E-state index in [1.54, 1.807) is 17.2 Å². The second-order valence-electron chi connectivity index (χ2n) is 8.84. The highest BCUT2D eigenvalue weighted by atomic mass is 16.2. The van der Waals surface area contributed by atoms with Crippen LogP contribution in [-0.2, 0) is 6.42 Å². The van der Waals surface area contributed by atoms with E-state index in [0.717, 1.165) is 44.5 Å². The number of rotatable bonds is 6. The maximum Gasteiger partial charge on any atom is 0.354 e. The zero-order chi connectivity index (χ0) is 22.5. The summed E-state index contributed by atoms with van der Waals surface area (Å²) < 4.78 is 1.48. The number of amides is 2. The van der Waals surface area contributed by atoms with E-state index in [4.69, 9.17) is 5.73 Å². The average Bonchev–Trinajstić information content (AvgIpc) is 3.19. The lowest BCUT2D eigenvalue weighted by Gasteiger charge is -2.27. The highest BCUT2D eigenvalue weighted by Crippen LogP contribution is 2.18. The van der Waals surface area contributed by atoms with Crippen LogP contribution in [0.4, 0.5) is 10.6 Å². The molecule has 1 saturated carbocycles. The lowest BCUT2D eigenvalue weighted by atomic mass is 10.1. The molecule has 2 fully saturated rings. The fraction of sp³-hybridized carbons (Fsp3) is 0.522. The normalized spacial score (nSPS) is 22.0. The van der Waals surface area contributed by atoms with E-state index in [-0.39, 0.29) is 11.8 Å². The van der Waals surface area contributed by atoms with E-state index in [9.17, 15) is 9.59 Å². The van der Waals surface area contributed by atoms with Gasteiger partial charge in [0, 0.05) is 50.5 Å². The van der Waals surface area contributed by atoms with E-state index in [0.29, 0.717) is 31.2 Å². The lowest BCUT2D eigenvalue weighted by molar-refractivity contribution is 0.204. The van der Waals surface area contributed by atoms with Crippen molar-refractivity contribution in [3.63, 3.8) is 0 Å². The summed E-state index contributed by atoms with van der Waals surface area (Å²) >= 11 is 0. The van der Waals surface area contributed by atoms with Gasteiger partial charge in [-0.25, -0.2) is 9.59 Å². The molecule has 1 saturated heterocycles. The quantitative estimate of drug-likeness (QED) is 0.535. The van der Waals surface area contributed by atoms with Crippen LogP contribution in [0.5, 0.6) is 0 Å². The van der Waals surface area contributed by atoms with E-state index in [2.05, 4.69) is 27.9 Å². The molecule has 32 heavy (non-hydrogen) atoms. The van der Waals surface area contributed by atoms with Crippen molar-refractivity contribution in [1.29, 1.82) is 0 Å². The Balaban J connectivity index is 1.35. The summed E-state index contributed by atoms with van der Waals surface area (Å²) in [6.07, 6.45) is 5.85. The van der Waals surface area contributed by atoms with E-state index in [1.807, 2.05) is 24.3 Å². The first-order valence-corrected chi connectivity index (χ1v) is 11.5. The van der Waals surface area contributed by atoms with Gasteiger partial charge in [-0.3, -0.25) is 9.88 Å². The Morgan fingerprint density at radius 3 is 2.62 bits per heavy atom. The number of carbonyl (C=O) groups is 1. The molecule has 2 aromatic rings. The number of nitrogens with two attached hydrogens (primary N) is 1. The molecule has 2 aliphatic rings. The van der Waals surface area contributed by atoms with Crippen LogP contribution in [0.2, 0.25) is 0 Å². The zero-order valence-corrected chi connectivity index (χ0v) is 18.6. The van der Waals surface area contributed by atoms with Crippen LogP contribution in [0, 0.1) is 0 Å². The Morgan fingerprint density at radius 2 is 1.97 bits per heavy atom. The number of nitrogens with one attached hydrogen (secondary N) is 3. The molecule has 1 unspecified atom stereocenters. The second kappa shape index (κ2) is 10.2. The zero-order valence-electron chi connectivity index (χ0n) is 18.6. The Kier molecular flexibility index (Phi) is 7.19. The summed E-state index contributed by atoms with van der Waals surface area (Å²) in [6.45, 7) is 5.00. The number of nitrogens with zero attached hydrogens (tertiary/aromatic N) is 3. The molecule has 5 N–H and O–H groups in total. The Bertz CT molecular complexity index is 969. The average molecular weight is 440 g/mol. The molecule has 4 rings (SSSR count). The van der Waals surface area contributed by atoms with Crippen LogP contribution < -0.4 is 27.4 Å². The van der Waals surface area contributed by atoms with Crippen LogP contribution in [0.1, 0.15) is 31.7 Å². The van der Waals surface area contributed by atoms with Crippen LogP contribution in [0.15, 0.2) is 41.3 Å². The highest BCUT2D eigenvalue weighted by Gasteiger charge is 2.22. The van der Waals surface area contributed by atoms with Crippen molar-refractivity contribution in [3.05, 3.63) is 52.6 Å². The van der Waals surface area contributed by atoms with Gasteiger partial charge in [-0.1, -0.05) is 12.1 Å². The molecule has 3 atom stereocenters. The summed E-state index contributed by atoms with van der Waals surface area (Å²) in [6, 6.07) is 10.5. The van der Waals surface area contributed by atoms with Gasteiger partial charge in [-0.05, 0) is 56.4 Å². The van der Waals surface area contributed by atoms with Crippen molar-refractivity contribution in [2.75, 3.05) is 31.5 Å². The largest absolute Gasteiger partial charge is 0.354 e. The number of benzene rings is 1. The molecule has 2 heterocycles. The minimum atomic E-state index is -0.427. The summed E-state index contributed by atoms with van der Waals surface area (Å²) in [4.78, 5) is 30.6. The summed E-state index contributed by atoms with van der Waals surface area (Å²) in [7, 11) is 0. The first kappa shape index (κ1) is 22.4. The van der Waals surface area contributed by atoms with Gasteiger partial charge in [0.2, 0.25) is 0 Å². The molecule has 1 aliphatic carbocycles. The van der Waals surface area contributed by atoms with Crippen molar-refractivity contribution in [3.8, 4) is 5.69 Å². The first-order chi connectivity index (χ1) is 15.5. The highest BCUT2D eigenvalue weighted by molar-refractivity contribution is 5.88. The molecule has 9 heteroatoms. The third kappa shape index (κ3) is 5.73. The van der Waals surface area contributed by atoms with Crippen LogP contribution >= 0.6 is 0 Å². The lowest BCUT2D eigenvalue weighted by Crippen LogP contribution is -2.48. The van der Waals surface area contributed by atoms with Crippen LogP contribution in [0.25, 0.3) is 5.69 Å². The molecule has 0 bridgehead atoms. The van der Waals surface area contributed by atoms with E-state index >= 15 is 0 Å². The maximum atomic E-state index is 12.5. The smallest absolute Gasteiger partial charge is 0.328 e. The van der Waals surface area contributed by atoms with Gasteiger partial charge in [-0.15, -0.1) is 0 Å². The summed E-state index contributed by atoms with van der Waals surface area (Å²) in [5.74, 6) is 0.262. The molecule has 0 spiro atoms. The van der Waals surface area contributed by atoms with Gasteiger partial charge in [0.25, 0.3) is 0 Å². The molecule has 9 nitrogen and oxygen atoms in total. The summed E-state index contributed by atoms with van der Waals surface area (Å²) in [5, 5.41) is 9.59. The predicted molar refractivity (Wildman–Crippen MR) is 125 cm³/mol. The van der Waals surface area contributed by atoms with Gasteiger partial charge in [0.15, 0.2) is 0 Å². The Morgan fingerprint density at radius 1 is 1.22 bits per heavy atom. The standard InChI is InChI=1S/C23H33N7O2/c1-16(26-19-5-4-18(24)15-19)14-17-2-6-20(7-3-17)30-11-8-21(28-23(30)32)27-22(31)29-12-9-25-10-13-29/h2-3,6-8,11,16,18-19,25-26H,4-5,9-10,12-15,24H2,1H3,(H,27,28,31,32)/t16?,18-,19-/m0/s1. The fourth-order valence-corrected chi connectivity index (χ4v) is 4.50. The SMILES string of the molecule is CC(Cc1ccc(-n2ccc(NC(=O)N3CCNCC3)nc2=O)cc1)N[C@H]1CC[C@H](N)C1. The monoisotopic (exact) mass is 439 g/mol. The first-order valence-electron chi connectivity index (χ1n) is 11.5. The molecular formula is C23H33N7O2. The molecule has 172 valence electrons. The van der Waals surface area contributed by atoms with Crippen molar-refractivity contribution >= 4 is 11.8 Å². The molecule has 1 aromatic heterocycles. The fourth-order valence-electron chi connectivity index (χ4n) is 4.50. The number of anilines is 1. The number of hydrogen-bond donors (Lipinski definition) is 4. The van der Waals surface area contributed by atoms with E-state index < -0.39 is 5.69 Å². The maximum absolute atomic E-state index is 12.5. The number of piperazine rings is 1. The number of urea groups is 1. The van der Waals surface area contributed by atoms with E-state index in [1.165, 1.54) is 10.1 Å². The third-order valence-corrected chi connectivity index (χ3v) is 6.19. The number of carbonyl (C=O) groups excluding carboxylic acids is 1. The van der Waals surface area contributed by atoms with Crippen molar-refractivity contribution < 1.29 is 4.79 Å². The molecule has 2 amide bonds. The third-order valence-electron chi connectivity index (χ3n) is 6.19. The second-order valence-corrected chi connectivity index (χ2v) is 8.84. The predicted octanol–water partition coefficient (Wildman–Crippen LogP) is 1.07. The Hall–Kier alpha value is -2.75. The summed E-state index contributed by atoms with van der Waals surface area (Å²) in [5.41, 5.74) is 7.53. The van der Waals surface area contributed by atoms with Gasteiger partial charge < -0.3 is 21.3 Å². The van der Waals surface area contributed by atoms with Gasteiger partial charge in [-0.2, -0.15) is 4.98 Å². The molecule has 1 aliphatic heterocycles. The minimum absolute atomic E-state index is 0.234. The van der Waals surface area contributed by atoms with Crippen molar-refractivity contribution in [1.82, 2.24) is 25.1 Å².